The Labute approximate surface area is 138 Å². The number of fused-ring (bicyclic) bond motifs is 1. The Morgan fingerprint density at radius 2 is 2.00 bits per heavy atom. The zero-order valence-electron chi connectivity index (χ0n) is 12.1. The number of carbonyl (C=O) groups is 1. The lowest BCUT2D eigenvalue weighted by molar-refractivity contribution is -0.118. The van der Waals surface area contributed by atoms with Crippen LogP contribution in [0.2, 0.25) is 5.02 Å². The van der Waals surface area contributed by atoms with Crippen molar-refractivity contribution in [1.29, 1.82) is 0 Å². The van der Waals surface area contributed by atoms with Gasteiger partial charge < -0.3 is 10.1 Å². The van der Waals surface area contributed by atoms with Crippen LogP contribution >= 0.6 is 11.6 Å². The molecule has 0 radical (unpaired) electrons. The van der Waals surface area contributed by atoms with Crippen LogP contribution in [0.15, 0.2) is 41.3 Å². The number of nitrogens with one attached hydrogen (secondary N) is 2. The molecule has 0 atom stereocenters. The molecule has 1 aliphatic heterocycles. The molecule has 8 heteroatoms. The zero-order valence-corrected chi connectivity index (χ0v) is 13.7. The number of rotatable bonds is 3. The van der Waals surface area contributed by atoms with Gasteiger partial charge in [-0.25, -0.2) is 8.42 Å². The maximum absolute atomic E-state index is 12.5. The zero-order chi connectivity index (χ0) is 16.6. The standard InChI is InChI=1S/C15H13ClN2O4S/c1-9-2-3-10(6-12(9)16)18-23(20,21)11-4-5-13-14(7-11)22-8-15(19)17-13/h2-7,18H,8H2,1H3,(H,17,19). The highest BCUT2D eigenvalue weighted by molar-refractivity contribution is 7.92. The second-order valence-corrected chi connectivity index (χ2v) is 7.15. The molecule has 0 bridgehead atoms. The SMILES string of the molecule is Cc1ccc(NS(=O)(=O)c2ccc3c(c2)OCC(=O)N3)cc1Cl. The summed E-state index contributed by atoms with van der Waals surface area (Å²) in [5, 5.41) is 3.08. The fourth-order valence-electron chi connectivity index (χ4n) is 2.09. The molecule has 0 unspecified atom stereocenters. The maximum Gasteiger partial charge on any atom is 0.262 e. The van der Waals surface area contributed by atoms with E-state index in [4.69, 9.17) is 16.3 Å². The Bertz CT molecular complexity index is 896. The molecule has 0 saturated carbocycles. The van der Waals surface area contributed by atoms with Gasteiger partial charge in [-0.3, -0.25) is 9.52 Å². The van der Waals surface area contributed by atoms with Crippen molar-refractivity contribution in [2.45, 2.75) is 11.8 Å². The molecule has 23 heavy (non-hydrogen) atoms. The highest BCUT2D eigenvalue weighted by Gasteiger charge is 2.21. The predicted molar refractivity (Wildman–Crippen MR) is 87.6 cm³/mol. The fourth-order valence-corrected chi connectivity index (χ4v) is 3.34. The number of ether oxygens (including phenoxy) is 1. The number of sulfonamides is 1. The fraction of sp³-hybridized carbons (Fsp3) is 0.133. The lowest BCUT2D eigenvalue weighted by atomic mass is 10.2. The summed E-state index contributed by atoms with van der Waals surface area (Å²) in [5.41, 5.74) is 1.67. The van der Waals surface area contributed by atoms with Crippen molar-refractivity contribution in [2.75, 3.05) is 16.6 Å². The first-order chi connectivity index (χ1) is 10.8. The molecule has 0 spiro atoms. The van der Waals surface area contributed by atoms with Crippen LogP contribution in [-0.4, -0.2) is 20.9 Å². The minimum Gasteiger partial charge on any atom is -0.482 e. The van der Waals surface area contributed by atoms with Crippen LogP contribution in [0.4, 0.5) is 11.4 Å². The molecule has 0 aromatic heterocycles. The summed E-state index contributed by atoms with van der Waals surface area (Å²) in [7, 11) is -3.79. The highest BCUT2D eigenvalue weighted by Crippen LogP contribution is 2.31. The number of benzene rings is 2. The third-order valence-corrected chi connectivity index (χ3v) is 5.11. The summed E-state index contributed by atoms with van der Waals surface area (Å²) in [6.45, 7) is 1.69. The Hall–Kier alpha value is -2.25. The van der Waals surface area contributed by atoms with Crippen LogP contribution in [0, 0.1) is 6.92 Å². The van der Waals surface area contributed by atoms with Crippen LogP contribution in [0.3, 0.4) is 0 Å². The molecule has 1 amide bonds. The van der Waals surface area contributed by atoms with Gasteiger partial charge in [0.1, 0.15) is 5.75 Å². The van der Waals surface area contributed by atoms with E-state index in [1.807, 2.05) is 6.92 Å². The summed E-state index contributed by atoms with van der Waals surface area (Å²) in [4.78, 5) is 11.3. The molecule has 2 aromatic rings. The molecule has 120 valence electrons. The average Bonchev–Trinajstić information content (AvgIpc) is 2.50. The van der Waals surface area contributed by atoms with E-state index in [-0.39, 0.29) is 17.4 Å². The van der Waals surface area contributed by atoms with Crippen LogP contribution in [-0.2, 0) is 14.8 Å². The molecule has 0 aliphatic carbocycles. The number of halogens is 1. The van der Waals surface area contributed by atoms with E-state index in [0.717, 1.165) is 5.56 Å². The summed E-state index contributed by atoms with van der Waals surface area (Å²) < 4.78 is 32.6. The van der Waals surface area contributed by atoms with Gasteiger partial charge in [0, 0.05) is 11.1 Å². The van der Waals surface area contributed by atoms with Gasteiger partial charge in [-0.2, -0.15) is 0 Å². The molecule has 6 nitrogen and oxygen atoms in total. The van der Waals surface area contributed by atoms with Crippen molar-refractivity contribution in [1.82, 2.24) is 0 Å². The van der Waals surface area contributed by atoms with E-state index in [1.165, 1.54) is 18.2 Å². The summed E-state index contributed by atoms with van der Waals surface area (Å²) >= 11 is 6.00. The van der Waals surface area contributed by atoms with Crippen molar-refractivity contribution < 1.29 is 17.9 Å². The minimum absolute atomic E-state index is 0.0316. The van der Waals surface area contributed by atoms with Gasteiger partial charge >= 0.3 is 0 Å². The van der Waals surface area contributed by atoms with Crippen molar-refractivity contribution in [3.05, 3.63) is 47.0 Å². The summed E-state index contributed by atoms with van der Waals surface area (Å²) in [6.07, 6.45) is 0. The van der Waals surface area contributed by atoms with E-state index in [1.54, 1.807) is 18.2 Å². The largest absolute Gasteiger partial charge is 0.482 e. The average molecular weight is 353 g/mol. The lowest BCUT2D eigenvalue weighted by Gasteiger charge is -2.18. The first-order valence-electron chi connectivity index (χ1n) is 6.71. The Balaban J connectivity index is 1.90. The summed E-state index contributed by atoms with van der Waals surface area (Å²) in [6, 6.07) is 9.16. The summed E-state index contributed by atoms with van der Waals surface area (Å²) in [5.74, 6) is 0.0370. The third kappa shape index (κ3) is 3.25. The minimum atomic E-state index is -3.79. The first kappa shape index (κ1) is 15.6. The van der Waals surface area contributed by atoms with E-state index >= 15 is 0 Å². The van der Waals surface area contributed by atoms with E-state index < -0.39 is 10.0 Å². The Kier molecular flexibility index (Phi) is 3.91. The number of amides is 1. The molecular formula is C15H13ClN2O4S. The molecule has 2 N–H and O–H groups in total. The number of hydrogen-bond acceptors (Lipinski definition) is 4. The van der Waals surface area contributed by atoms with E-state index in [9.17, 15) is 13.2 Å². The topological polar surface area (TPSA) is 84.5 Å². The number of aryl methyl sites for hydroxylation is 1. The second kappa shape index (κ2) is 5.75. The molecule has 0 fully saturated rings. The quantitative estimate of drug-likeness (QED) is 0.889. The smallest absolute Gasteiger partial charge is 0.262 e. The van der Waals surface area contributed by atoms with Crippen LogP contribution < -0.4 is 14.8 Å². The van der Waals surface area contributed by atoms with Crippen LogP contribution in [0.25, 0.3) is 0 Å². The number of carbonyl (C=O) groups excluding carboxylic acids is 1. The first-order valence-corrected chi connectivity index (χ1v) is 8.57. The van der Waals surface area contributed by atoms with Crippen LogP contribution in [0.1, 0.15) is 5.56 Å². The molecule has 3 rings (SSSR count). The van der Waals surface area contributed by atoms with Gasteiger partial charge in [0.15, 0.2) is 6.61 Å². The predicted octanol–water partition coefficient (Wildman–Crippen LogP) is 2.78. The Morgan fingerprint density at radius 3 is 2.74 bits per heavy atom. The molecule has 0 saturated heterocycles. The van der Waals surface area contributed by atoms with Crippen molar-refractivity contribution in [3.8, 4) is 5.75 Å². The van der Waals surface area contributed by atoms with Crippen molar-refractivity contribution in [2.24, 2.45) is 0 Å². The van der Waals surface area contributed by atoms with E-state index in [2.05, 4.69) is 10.0 Å². The molecular weight excluding hydrogens is 340 g/mol. The molecule has 2 aromatic carbocycles. The van der Waals surface area contributed by atoms with Crippen molar-refractivity contribution >= 4 is 38.9 Å². The van der Waals surface area contributed by atoms with Gasteiger partial charge in [0.25, 0.3) is 15.9 Å². The van der Waals surface area contributed by atoms with E-state index in [0.29, 0.717) is 22.1 Å². The third-order valence-electron chi connectivity index (χ3n) is 3.32. The van der Waals surface area contributed by atoms with Gasteiger partial charge in [0.2, 0.25) is 0 Å². The highest BCUT2D eigenvalue weighted by atomic mass is 35.5. The van der Waals surface area contributed by atoms with Gasteiger partial charge in [-0.05, 0) is 36.8 Å². The second-order valence-electron chi connectivity index (χ2n) is 5.06. The number of anilines is 2. The van der Waals surface area contributed by atoms with Crippen molar-refractivity contribution in [3.63, 3.8) is 0 Å². The van der Waals surface area contributed by atoms with Gasteiger partial charge in [-0.15, -0.1) is 0 Å². The lowest BCUT2D eigenvalue weighted by Crippen LogP contribution is -2.25. The monoisotopic (exact) mass is 352 g/mol. The Morgan fingerprint density at radius 1 is 1.22 bits per heavy atom. The maximum atomic E-state index is 12.5. The molecule has 1 heterocycles. The molecule has 1 aliphatic rings. The number of hydrogen-bond donors (Lipinski definition) is 2. The normalized spacial score (nSPS) is 13.7. The van der Waals surface area contributed by atoms with Gasteiger partial charge in [-0.1, -0.05) is 17.7 Å². The van der Waals surface area contributed by atoms with Gasteiger partial charge in [0.05, 0.1) is 16.3 Å². The van der Waals surface area contributed by atoms with Crippen LogP contribution in [0.5, 0.6) is 5.75 Å².